The fourth-order valence-corrected chi connectivity index (χ4v) is 5.98. The maximum Gasteiger partial charge on any atom is 0.223 e. The van der Waals surface area contributed by atoms with Crippen LogP contribution in [0.4, 0.5) is 16.4 Å². The molecule has 1 aliphatic rings. The maximum absolute atomic E-state index is 9.54. The van der Waals surface area contributed by atoms with Crippen molar-refractivity contribution in [3.05, 3.63) is 82.9 Å². The first-order valence-electron chi connectivity index (χ1n) is 11.4. The summed E-state index contributed by atoms with van der Waals surface area (Å²) in [7, 11) is 0. The van der Waals surface area contributed by atoms with E-state index in [0.717, 1.165) is 43.6 Å². The average Bonchev–Trinajstić information content (AvgIpc) is 3.58. The third kappa shape index (κ3) is 5.02. The number of nitrogens with zero attached hydrogens (tertiary/aromatic N) is 5. The van der Waals surface area contributed by atoms with E-state index in [9.17, 15) is 5.26 Å². The molecule has 6 nitrogen and oxygen atoms in total. The summed E-state index contributed by atoms with van der Waals surface area (Å²) in [5.74, 6) is 1.03. The second kappa shape index (κ2) is 10.2. The Morgan fingerprint density at radius 1 is 1.00 bits per heavy atom. The fraction of sp³-hybridized carbons (Fsp3) is 0.185. The van der Waals surface area contributed by atoms with Gasteiger partial charge in [0.25, 0.3) is 0 Å². The highest BCUT2D eigenvalue weighted by Crippen LogP contribution is 2.39. The number of hydrogen-bond acceptors (Lipinski definition) is 8. The first-order valence-corrected chi connectivity index (χ1v) is 13.0. The number of nitriles is 1. The van der Waals surface area contributed by atoms with Crippen LogP contribution < -0.4 is 4.90 Å². The summed E-state index contributed by atoms with van der Waals surface area (Å²) in [5, 5.41) is 19.2. The molecule has 1 aliphatic heterocycles. The molecule has 2 aromatic carbocycles. The number of benzene rings is 2. The summed E-state index contributed by atoms with van der Waals surface area (Å²) >= 11 is 3.23. The van der Waals surface area contributed by atoms with Crippen molar-refractivity contribution in [1.82, 2.24) is 0 Å². The molecule has 4 aromatic rings. The first kappa shape index (κ1) is 23.0. The molecule has 0 bridgehead atoms. The van der Waals surface area contributed by atoms with Crippen molar-refractivity contribution >= 4 is 60.4 Å². The van der Waals surface area contributed by atoms with Crippen molar-refractivity contribution in [2.75, 3.05) is 18.0 Å². The smallest absolute Gasteiger partial charge is 0.223 e. The van der Waals surface area contributed by atoms with Crippen LogP contribution in [0.3, 0.4) is 0 Å². The zero-order valence-corrected chi connectivity index (χ0v) is 21.0. The van der Waals surface area contributed by atoms with Gasteiger partial charge in [0.2, 0.25) is 5.90 Å². The summed E-state index contributed by atoms with van der Waals surface area (Å²) < 4.78 is 8.19. The van der Waals surface area contributed by atoms with Crippen LogP contribution in [-0.4, -0.2) is 25.0 Å². The van der Waals surface area contributed by atoms with Crippen molar-refractivity contribution in [2.24, 2.45) is 15.2 Å². The number of anilines is 1. The van der Waals surface area contributed by atoms with Crippen LogP contribution in [-0.2, 0) is 4.74 Å². The lowest BCUT2D eigenvalue weighted by molar-refractivity contribution is 0.434. The van der Waals surface area contributed by atoms with Crippen LogP contribution in [0.15, 0.2) is 87.7 Å². The van der Waals surface area contributed by atoms with Crippen LogP contribution >= 0.6 is 22.7 Å². The SMILES string of the molecule is CCN(CC)c1ccc(N=Nc2cc3sc(/C=C4/OC(c5ccccc5)=NC4C#N)cc3s2)cc1. The molecule has 8 heteroatoms. The molecule has 1 unspecified atom stereocenters. The van der Waals surface area contributed by atoms with E-state index in [0.29, 0.717) is 11.7 Å². The Morgan fingerprint density at radius 3 is 2.43 bits per heavy atom. The molecule has 0 saturated heterocycles. The van der Waals surface area contributed by atoms with E-state index in [4.69, 9.17) is 4.74 Å². The van der Waals surface area contributed by atoms with Crippen molar-refractivity contribution in [3.63, 3.8) is 0 Å². The van der Waals surface area contributed by atoms with Gasteiger partial charge in [-0.1, -0.05) is 18.2 Å². The Morgan fingerprint density at radius 2 is 1.74 bits per heavy atom. The van der Waals surface area contributed by atoms with E-state index in [2.05, 4.69) is 58.2 Å². The molecule has 0 N–H and O–H groups in total. The third-order valence-electron chi connectivity index (χ3n) is 5.61. The number of azo groups is 1. The minimum Gasteiger partial charge on any atom is -0.440 e. The van der Waals surface area contributed by atoms with Crippen LogP contribution in [0.5, 0.6) is 0 Å². The molecule has 174 valence electrons. The number of rotatable bonds is 7. The number of hydrogen-bond donors (Lipinski definition) is 0. The fourth-order valence-electron chi connectivity index (χ4n) is 3.82. The summed E-state index contributed by atoms with van der Waals surface area (Å²) in [6, 6.07) is 23.5. The van der Waals surface area contributed by atoms with Gasteiger partial charge in [-0.3, -0.25) is 0 Å². The van der Waals surface area contributed by atoms with Gasteiger partial charge < -0.3 is 9.64 Å². The average molecular weight is 498 g/mol. The van der Waals surface area contributed by atoms with Crippen molar-refractivity contribution < 1.29 is 4.74 Å². The number of thiophene rings is 2. The molecular weight excluding hydrogens is 474 g/mol. The Balaban J connectivity index is 1.30. The molecule has 3 heterocycles. The van der Waals surface area contributed by atoms with Gasteiger partial charge in [0, 0.05) is 38.6 Å². The molecule has 0 amide bonds. The molecule has 0 saturated carbocycles. The Bertz CT molecular complexity index is 1420. The summed E-state index contributed by atoms with van der Waals surface area (Å²) in [6.07, 6.45) is 1.91. The highest BCUT2D eigenvalue weighted by atomic mass is 32.1. The number of aliphatic imine (C=N–C) groups is 1. The predicted octanol–water partition coefficient (Wildman–Crippen LogP) is 7.93. The van der Waals surface area contributed by atoms with Gasteiger partial charge >= 0.3 is 0 Å². The highest BCUT2D eigenvalue weighted by molar-refractivity contribution is 7.30. The molecule has 0 radical (unpaired) electrons. The Labute approximate surface area is 212 Å². The second-order valence-corrected chi connectivity index (χ2v) is 10.0. The van der Waals surface area contributed by atoms with E-state index in [-0.39, 0.29) is 0 Å². The van der Waals surface area contributed by atoms with E-state index in [1.54, 1.807) is 22.7 Å². The van der Waals surface area contributed by atoms with Gasteiger partial charge in [0.05, 0.1) is 11.8 Å². The molecule has 2 aromatic heterocycles. The lowest BCUT2D eigenvalue weighted by Gasteiger charge is -2.20. The van der Waals surface area contributed by atoms with Gasteiger partial charge in [0.1, 0.15) is 10.8 Å². The first-order chi connectivity index (χ1) is 17.2. The van der Waals surface area contributed by atoms with Gasteiger partial charge in [-0.2, -0.15) is 5.26 Å². The molecule has 0 spiro atoms. The molecule has 5 rings (SSSR count). The second-order valence-electron chi connectivity index (χ2n) is 7.83. The minimum absolute atomic E-state index is 0.481. The van der Waals surface area contributed by atoms with Gasteiger partial charge in [-0.15, -0.1) is 32.9 Å². The third-order valence-corrected chi connectivity index (χ3v) is 7.74. The number of ether oxygens (including phenoxy) is 1. The standard InChI is InChI=1S/C27H23N5OS2/c1-3-32(4-2)20-12-10-19(11-13-20)30-31-26-16-25-24(35-26)15-21(34-25)14-23-22(17-28)29-27(33-23)18-8-6-5-7-9-18/h5-16,22H,3-4H2,1-2H3/b23-14+,31-30?. The number of fused-ring (bicyclic) bond motifs is 1. The van der Waals surface area contributed by atoms with Crippen LogP contribution in [0.25, 0.3) is 15.5 Å². The summed E-state index contributed by atoms with van der Waals surface area (Å²) in [6.45, 7) is 6.26. The molecule has 35 heavy (non-hydrogen) atoms. The van der Waals surface area contributed by atoms with E-state index in [1.165, 1.54) is 5.69 Å². The lowest BCUT2D eigenvalue weighted by atomic mass is 10.2. The van der Waals surface area contributed by atoms with E-state index in [1.807, 2.05) is 54.6 Å². The lowest BCUT2D eigenvalue weighted by Crippen LogP contribution is -2.21. The predicted molar refractivity (Wildman–Crippen MR) is 145 cm³/mol. The quantitative estimate of drug-likeness (QED) is 0.243. The van der Waals surface area contributed by atoms with Crippen molar-refractivity contribution in [2.45, 2.75) is 19.9 Å². The van der Waals surface area contributed by atoms with Gasteiger partial charge in [0.15, 0.2) is 6.04 Å². The Kier molecular flexibility index (Phi) is 6.70. The van der Waals surface area contributed by atoms with E-state index < -0.39 is 6.04 Å². The summed E-state index contributed by atoms with van der Waals surface area (Å²) in [5.41, 5.74) is 2.89. The topological polar surface area (TPSA) is 73.3 Å². The van der Waals surface area contributed by atoms with Crippen LogP contribution in [0.1, 0.15) is 24.3 Å². The molecule has 1 atom stereocenters. The Hall–Kier alpha value is -3.80. The molecular formula is C27H23N5OS2. The normalized spacial score (nSPS) is 16.5. The zero-order chi connectivity index (χ0) is 24.2. The molecule has 0 aliphatic carbocycles. The summed E-state index contributed by atoms with van der Waals surface area (Å²) in [4.78, 5) is 7.74. The zero-order valence-electron chi connectivity index (χ0n) is 19.4. The maximum atomic E-state index is 9.54. The monoisotopic (exact) mass is 497 g/mol. The van der Waals surface area contributed by atoms with Gasteiger partial charge in [-0.05, 0) is 68.5 Å². The molecule has 0 fully saturated rings. The largest absolute Gasteiger partial charge is 0.440 e. The van der Waals surface area contributed by atoms with E-state index >= 15 is 0 Å². The highest BCUT2D eigenvalue weighted by Gasteiger charge is 2.26. The van der Waals surface area contributed by atoms with Gasteiger partial charge in [-0.25, -0.2) is 4.99 Å². The van der Waals surface area contributed by atoms with Crippen LogP contribution in [0, 0.1) is 11.3 Å². The van der Waals surface area contributed by atoms with Crippen molar-refractivity contribution in [1.29, 1.82) is 5.26 Å². The van der Waals surface area contributed by atoms with Crippen molar-refractivity contribution in [3.8, 4) is 6.07 Å². The minimum atomic E-state index is -0.636. The van der Waals surface area contributed by atoms with Crippen LogP contribution in [0.2, 0.25) is 0 Å².